The van der Waals surface area contributed by atoms with Crippen molar-refractivity contribution >= 4 is 11.4 Å². The van der Waals surface area contributed by atoms with Gasteiger partial charge in [0.25, 0.3) is 6.43 Å². The van der Waals surface area contributed by atoms with Crippen LogP contribution < -0.4 is 10.6 Å². The highest BCUT2D eigenvalue weighted by Crippen LogP contribution is 2.34. The topological polar surface area (TPSA) is 49.5 Å². The van der Waals surface area contributed by atoms with Crippen LogP contribution >= 0.6 is 0 Å². The van der Waals surface area contributed by atoms with Crippen molar-refractivity contribution < 1.29 is 13.9 Å². The number of nitrogens with two attached hydrogens (primary N) is 1. The lowest BCUT2D eigenvalue weighted by atomic mass is 9.93. The smallest absolute Gasteiger partial charge is 0.265 e. The Morgan fingerprint density at radius 3 is 2.50 bits per heavy atom. The molecule has 5 heteroatoms. The molecule has 3 nitrogen and oxygen atoms in total. The molecule has 0 saturated carbocycles. The predicted octanol–water partition coefficient (Wildman–Crippen LogP) is 2.56. The highest BCUT2D eigenvalue weighted by Gasteiger charge is 2.29. The van der Waals surface area contributed by atoms with Gasteiger partial charge in [0, 0.05) is 30.0 Å². The molecule has 2 rings (SSSR count). The standard InChI is InChI=1S/C13H18F2N2O/c1-13(18)4-6-17(7-5-13)11-3-2-9(16)8-10(11)12(14)15/h2-3,8,12,18H,4-7,16H2,1H3. The molecule has 100 valence electrons. The molecule has 1 aromatic rings. The van der Waals surface area contributed by atoms with Crippen molar-refractivity contribution in [3.05, 3.63) is 23.8 Å². The molecular weight excluding hydrogens is 238 g/mol. The van der Waals surface area contributed by atoms with Crippen molar-refractivity contribution in [1.82, 2.24) is 0 Å². The molecule has 1 saturated heterocycles. The zero-order valence-electron chi connectivity index (χ0n) is 10.4. The first-order valence-electron chi connectivity index (χ1n) is 6.04. The minimum atomic E-state index is -2.54. The lowest BCUT2D eigenvalue weighted by Crippen LogP contribution is -2.42. The lowest BCUT2D eigenvalue weighted by molar-refractivity contribution is 0.0350. The van der Waals surface area contributed by atoms with E-state index >= 15 is 0 Å². The number of nitrogens with zero attached hydrogens (tertiary/aromatic N) is 1. The van der Waals surface area contributed by atoms with Gasteiger partial charge in [0.1, 0.15) is 0 Å². The third-order valence-corrected chi connectivity index (χ3v) is 3.47. The van der Waals surface area contributed by atoms with Gasteiger partial charge in [-0.2, -0.15) is 0 Å². The normalized spacial score (nSPS) is 19.3. The molecule has 0 bridgehead atoms. The molecule has 0 aliphatic carbocycles. The Balaban J connectivity index is 2.24. The quantitative estimate of drug-likeness (QED) is 0.799. The van der Waals surface area contributed by atoms with Gasteiger partial charge in [0.15, 0.2) is 0 Å². The fraction of sp³-hybridized carbons (Fsp3) is 0.538. The summed E-state index contributed by atoms with van der Waals surface area (Å²) in [5.74, 6) is 0. The Bertz CT molecular complexity index is 425. The first-order valence-corrected chi connectivity index (χ1v) is 6.04. The van der Waals surface area contributed by atoms with E-state index in [0.29, 0.717) is 37.3 Å². The van der Waals surface area contributed by atoms with Crippen LogP contribution in [0.25, 0.3) is 0 Å². The zero-order valence-corrected chi connectivity index (χ0v) is 10.4. The van der Waals surface area contributed by atoms with Crippen LogP contribution in [0.3, 0.4) is 0 Å². The van der Waals surface area contributed by atoms with Crippen molar-refractivity contribution in [1.29, 1.82) is 0 Å². The SMILES string of the molecule is CC1(O)CCN(c2ccc(N)cc2C(F)F)CC1. The third kappa shape index (κ3) is 2.72. The molecule has 0 spiro atoms. The third-order valence-electron chi connectivity index (χ3n) is 3.47. The highest BCUT2D eigenvalue weighted by molar-refractivity contribution is 5.60. The zero-order chi connectivity index (χ0) is 13.3. The molecule has 18 heavy (non-hydrogen) atoms. The first-order chi connectivity index (χ1) is 8.39. The van der Waals surface area contributed by atoms with Crippen LogP contribution in [-0.4, -0.2) is 23.8 Å². The van der Waals surface area contributed by atoms with E-state index in [-0.39, 0.29) is 5.56 Å². The van der Waals surface area contributed by atoms with Crippen molar-refractivity contribution in [3.8, 4) is 0 Å². The summed E-state index contributed by atoms with van der Waals surface area (Å²) in [6.45, 7) is 2.94. The summed E-state index contributed by atoms with van der Waals surface area (Å²) in [7, 11) is 0. The van der Waals surface area contributed by atoms with Gasteiger partial charge in [-0.25, -0.2) is 8.78 Å². The molecule has 0 aromatic heterocycles. The van der Waals surface area contributed by atoms with E-state index in [0.717, 1.165) is 0 Å². The van der Waals surface area contributed by atoms with Gasteiger partial charge in [-0.15, -0.1) is 0 Å². The highest BCUT2D eigenvalue weighted by atomic mass is 19.3. The molecule has 1 fully saturated rings. The van der Waals surface area contributed by atoms with E-state index in [4.69, 9.17) is 5.73 Å². The van der Waals surface area contributed by atoms with E-state index in [1.165, 1.54) is 6.07 Å². The molecule has 1 aliphatic rings. The van der Waals surface area contributed by atoms with Crippen LogP contribution in [0, 0.1) is 0 Å². The van der Waals surface area contributed by atoms with Crippen LogP contribution in [0.2, 0.25) is 0 Å². The second-order valence-electron chi connectivity index (χ2n) is 5.10. The number of hydrogen-bond acceptors (Lipinski definition) is 3. The number of piperidine rings is 1. The van der Waals surface area contributed by atoms with Crippen LogP contribution in [0.15, 0.2) is 18.2 Å². The minimum Gasteiger partial charge on any atom is -0.399 e. The minimum absolute atomic E-state index is 0.0310. The molecule has 0 unspecified atom stereocenters. The van der Waals surface area contributed by atoms with Crippen LogP contribution in [-0.2, 0) is 0 Å². The fourth-order valence-corrected chi connectivity index (χ4v) is 2.27. The van der Waals surface area contributed by atoms with Gasteiger partial charge < -0.3 is 15.7 Å². The molecule has 0 radical (unpaired) electrons. The van der Waals surface area contributed by atoms with Crippen LogP contribution in [0.4, 0.5) is 20.2 Å². The van der Waals surface area contributed by atoms with E-state index in [1.54, 1.807) is 19.1 Å². The Kier molecular flexibility index (Phi) is 3.43. The van der Waals surface area contributed by atoms with Gasteiger partial charge >= 0.3 is 0 Å². The van der Waals surface area contributed by atoms with Gasteiger partial charge in [0.05, 0.1) is 5.60 Å². The maximum atomic E-state index is 13.0. The summed E-state index contributed by atoms with van der Waals surface area (Å²) >= 11 is 0. The number of benzene rings is 1. The lowest BCUT2D eigenvalue weighted by Gasteiger charge is -2.38. The molecule has 0 atom stereocenters. The molecule has 3 N–H and O–H groups in total. The van der Waals surface area contributed by atoms with Gasteiger partial charge in [0.2, 0.25) is 0 Å². The maximum Gasteiger partial charge on any atom is 0.265 e. The Hall–Kier alpha value is -1.36. The van der Waals surface area contributed by atoms with Crippen molar-refractivity contribution in [2.75, 3.05) is 23.7 Å². The number of nitrogen functional groups attached to an aromatic ring is 1. The second kappa shape index (κ2) is 4.72. The summed E-state index contributed by atoms with van der Waals surface area (Å²) in [6, 6.07) is 4.59. The number of aliphatic hydroxyl groups is 1. The van der Waals surface area contributed by atoms with E-state index in [9.17, 15) is 13.9 Å². The van der Waals surface area contributed by atoms with Crippen LogP contribution in [0.1, 0.15) is 31.8 Å². The summed E-state index contributed by atoms with van der Waals surface area (Å²) in [6.07, 6.45) is -1.37. The first kappa shape index (κ1) is 13.1. The number of alkyl halides is 2. The maximum absolute atomic E-state index is 13.0. The average Bonchev–Trinajstić information content (AvgIpc) is 2.29. The van der Waals surface area contributed by atoms with Gasteiger partial charge in [-0.05, 0) is 38.0 Å². The number of hydrogen-bond donors (Lipinski definition) is 2. The van der Waals surface area contributed by atoms with Gasteiger partial charge in [-0.1, -0.05) is 0 Å². The van der Waals surface area contributed by atoms with E-state index in [1.807, 2.05) is 4.90 Å². The van der Waals surface area contributed by atoms with E-state index < -0.39 is 12.0 Å². The average molecular weight is 256 g/mol. The number of anilines is 2. The summed E-state index contributed by atoms with van der Waals surface area (Å²) < 4.78 is 26.0. The van der Waals surface area contributed by atoms with Crippen molar-refractivity contribution in [2.45, 2.75) is 31.8 Å². The Morgan fingerprint density at radius 2 is 1.94 bits per heavy atom. The molecule has 1 heterocycles. The van der Waals surface area contributed by atoms with Crippen molar-refractivity contribution in [2.24, 2.45) is 0 Å². The summed E-state index contributed by atoms with van der Waals surface area (Å²) in [5.41, 5.74) is 5.70. The van der Waals surface area contributed by atoms with Gasteiger partial charge in [-0.3, -0.25) is 0 Å². The second-order valence-corrected chi connectivity index (χ2v) is 5.10. The molecule has 1 aliphatic heterocycles. The summed E-state index contributed by atoms with van der Waals surface area (Å²) in [5, 5.41) is 9.87. The molecular formula is C13H18F2N2O. The Morgan fingerprint density at radius 1 is 1.33 bits per heavy atom. The largest absolute Gasteiger partial charge is 0.399 e. The summed E-state index contributed by atoms with van der Waals surface area (Å²) in [4.78, 5) is 1.89. The van der Waals surface area contributed by atoms with Crippen LogP contribution in [0.5, 0.6) is 0 Å². The monoisotopic (exact) mass is 256 g/mol. The fourth-order valence-electron chi connectivity index (χ4n) is 2.27. The Labute approximate surface area is 105 Å². The molecule has 1 aromatic carbocycles. The molecule has 0 amide bonds. The van der Waals surface area contributed by atoms with E-state index in [2.05, 4.69) is 0 Å². The number of halogens is 2. The van der Waals surface area contributed by atoms with Crippen molar-refractivity contribution in [3.63, 3.8) is 0 Å². The predicted molar refractivity (Wildman–Crippen MR) is 67.9 cm³/mol. The number of rotatable bonds is 2.